The third kappa shape index (κ3) is 1.49. The first-order chi connectivity index (χ1) is 10.9. The molecule has 0 aromatic heterocycles. The van der Waals surface area contributed by atoms with Crippen molar-refractivity contribution in [2.45, 2.75) is 19.8 Å². The van der Waals surface area contributed by atoms with Gasteiger partial charge in [0.05, 0.1) is 0 Å². The van der Waals surface area contributed by atoms with Crippen LogP contribution in [0.15, 0.2) is 48.5 Å². The number of hydrogen-bond acceptors (Lipinski definition) is 1. The van der Waals surface area contributed by atoms with E-state index in [1.807, 2.05) is 0 Å². The molecule has 2 aliphatic rings. The Kier molecular flexibility index (Phi) is 2.43. The Morgan fingerprint density at radius 1 is 0.864 bits per heavy atom. The summed E-state index contributed by atoms with van der Waals surface area (Å²) in [6.45, 7) is 4.52. The zero-order chi connectivity index (χ0) is 14.7. The van der Waals surface area contributed by atoms with Crippen LogP contribution in [0.5, 0.6) is 0 Å². The molecule has 0 atom stereocenters. The highest BCUT2D eigenvalue weighted by Crippen LogP contribution is 2.43. The van der Waals surface area contributed by atoms with E-state index in [1.165, 1.54) is 51.7 Å². The zero-order valence-corrected chi connectivity index (χ0v) is 12.9. The zero-order valence-electron chi connectivity index (χ0n) is 12.9. The van der Waals surface area contributed by atoms with Crippen LogP contribution >= 0.6 is 0 Å². The molecule has 1 heteroatoms. The number of fused-ring (bicyclic) bond motifs is 7. The number of likely N-dealkylation sites (N-methyl/N-ethyl adjacent to an activating group) is 1. The van der Waals surface area contributed by atoms with Gasteiger partial charge in [0.25, 0.3) is 0 Å². The molecule has 0 spiro atoms. The maximum absolute atomic E-state index is 2.50. The molecule has 3 aromatic carbocycles. The van der Waals surface area contributed by atoms with Crippen LogP contribution < -0.4 is 4.90 Å². The third-order valence-electron chi connectivity index (χ3n) is 5.43. The van der Waals surface area contributed by atoms with Crippen LogP contribution in [0.4, 0.5) is 5.69 Å². The largest absolute Gasteiger partial charge is 0.371 e. The van der Waals surface area contributed by atoms with Crippen molar-refractivity contribution in [2.75, 3.05) is 18.0 Å². The molecule has 0 radical (unpaired) electrons. The Morgan fingerprint density at radius 3 is 2.59 bits per heavy atom. The summed E-state index contributed by atoms with van der Waals surface area (Å²) >= 11 is 0. The van der Waals surface area contributed by atoms with Crippen molar-refractivity contribution in [3.05, 3.63) is 65.2 Å². The lowest BCUT2D eigenvalue weighted by Gasteiger charge is -2.17. The summed E-state index contributed by atoms with van der Waals surface area (Å²) in [6, 6.07) is 18.2. The van der Waals surface area contributed by atoms with E-state index in [-0.39, 0.29) is 0 Å². The van der Waals surface area contributed by atoms with Gasteiger partial charge in [0.2, 0.25) is 0 Å². The van der Waals surface area contributed by atoms with Crippen LogP contribution in [-0.2, 0) is 12.8 Å². The minimum atomic E-state index is 1.08. The van der Waals surface area contributed by atoms with Crippen molar-refractivity contribution in [2.24, 2.45) is 0 Å². The number of nitrogens with zero attached hydrogens (tertiary/aromatic N) is 1. The molecule has 3 aromatic rings. The second-order valence-electron chi connectivity index (χ2n) is 6.41. The predicted octanol–water partition coefficient (Wildman–Crippen LogP) is 4.79. The van der Waals surface area contributed by atoms with E-state index in [4.69, 9.17) is 0 Å². The van der Waals surface area contributed by atoms with Crippen molar-refractivity contribution in [3.8, 4) is 11.1 Å². The van der Waals surface area contributed by atoms with Crippen LogP contribution in [0.25, 0.3) is 21.9 Å². The first kappa shape index (κ1) is 12.3. The molecular weight excluding hydrogens is 266 g/mol. The third-order valence-corrected chi connectivity index (χ3v) is 5.43. The predicted molar refractivity (Wildman–Crippen MR) is 93.8 cm³/mol. The molecule has 0 bridgehead atoms. The number of anilines is 1. The summed E-state index contributed by atoms with van der Waals surface area (Å²) < 4.78 is 0. The van der Waals surface area contributed by atoms with Gasteiger partial charge in [0, 0.05) is 18.8 Å². The Balaban J connectivity index is 1.78. The summed E-state index contributed by atoms with van der Waals surface area (Å²) in [5, 5.41) is 2.94. The van der Waals surface area contributed by atoms with Crippen molar-refractivity contribution in [3.63, 3.8) is 0 Å². The Morgan fingerprint density at radius 2 is 1.68 bits per heavy atom. The fourth-order valence-electron chi connectivity index (χ4n) is 4.34. The summed E-state index contributed by atoms with van der Waals surface area (Å²) in [5.41, 5.74) is 8.86. The second kappa shape index (κ2) is 4.36. The molecule has 1 heterocycles. The quantitative estimate of drug-likeness (QED) is 0.486. The highest BCUT2D eigenvalue weighted by Gasteiger charge is 2.24. The first-order valence-electron chi connectivity index (χ1n) is 8.27. The molecule has 1 nitrogen and oxygen atoms in total. The van der Waals surface area contributed by atoms with Gasteiger partial charge in [-0.05, 0) is 64.4 Å². The number of rotatable bonds is 1. The fourth-order valence-corrected chi connectivity index (χ4v) is 4.34. The molecule has 0 unspecified atom stereocenters. The molecule has 108 valence electrons. The van der Waals surface area contributed by atoms with Gasteiger partial charge >= 0.3 is 0 Å². The molecule has 1 aliphatic heterocycles. The van der Waals surface area contributed by atoms with Crippen LogP contribution in [0, 0.1) is 0 Å². The highest BCUT2D eigenvalue weighted by atomic mass is 15.1. The topological polar surface area (TPSA) is 3.24 Å². The van der Waals surface area contributed by atoms with Gasteiger partial charge in [-0.2, -0.15) is 0 Å². The fraction of sp³-hybridized carbons (Fsp3) is 0.238. The lowest BCUT2D eigenvalue weighted by atomic mass is 9.95. The van der Waals surface area contributed by atoms with Gasteiger partial charge in [0.15, 0.2) is 0 Å². The molecule has 0 fully saturated rings. The van der Waals surface area contributed by atoms with Gasteiger partial charge in [-0.1, -0.05) is 42.5 Å². The molecule has 0 saturated heterocycles. The summed E-state index contributed by atoms with van der Waals surface area (Å²) in [5.74, 6) is 0. The molecular formula is C21H19N. The minimum absolute atomic E-state index is 1.08. The molecule has 0 N–H and O–H groups in total. The van der Waals surface area contributed by atoms with E-state index < -0.39 is 0 Å². The normalized spacial score (nSPS) is 15.0. The average molecular weight is 285 g/mol. The number of benzene rings is 3. The van der Waals surface area contributed by atoms with E-state index in [2.05, 4.69) is 60.4 Å². The lowest BCUT2D eigenvalue weighted by Crippen LogP contribution is -2.18. The van der Waals surface area contributed by atoms with Crippen molar-refractivity contribution >= 4 is 16.5 Å². The monoisotopic (exact) mass is 285 g/mol. The maximum Gasteiger partial charge on any atom is 0.0405 e. The molecule has 5 rings (SSSR count). The first-order valence-corrected chi connectivity index (χ1v) is 8.27. The van der Waals surface area contributed by atoms with Crippen LogP contribution in [0.1, 0.15) is 23.6 Å². The summed E-state index contributed by atoms with van der Waals surface area (Å²) in [7, 11) is 0. The SMILES string of the molecule is CCN1CCc2c1ccc1c3c(ccc21)-c1ccccc1C3. The van der Waals surface area contributed by atoms with Gasteiger partial charge in [-0.3, -0.25) is 0 Å². The highest BCUT2D eigenvalue weighted by molar-refractivity contribution is 5.99. The summed E-state index contributed by atoms with van der Waals surface area (Å²) in [6.07, 6.45) is 2.27. The second-order valence-corrected chi connectivity index (χ2v) is 6.41. The molecule has 0 saturated carbocycles. The van der Waals surface area contributed by atoms with E-state index in [0.29, 0.717) is 0 Å². The Hall–Kier alpha value is -2.28. The molecule has 0 amide bonds. The standard InChI is InChI=1S/C21H19N/c1-2-22-12-11-19-17-8-7-16-15-6-4-3-5-14(15)13-20(16)18(17)9-10-21(19)22/h3-10H,2,11-13H2,1H3. The molecule has 22 heavy (non-hydrogen) atoms. The van der Waals surface area contributed by atoms with Crippen molar-refractivity contribution in [1.82, 2.24) is 0 Å². The average Bonchev–Trinajstić information content (AvgIpc) is 3.15. The van der Waals surface area contributed by atoms with Gasteiger partial charge in [-0.25, -0.2) is 0 Å². The Labute approximate surface area is 131 Å². The lowest BCUT2D eigenvalue weighted by molar-refractivity contribution is 0.869. The van der Waals surface area contributed by atoms with Crippen molar-refractivity contribution < 1.29 is 0 Å². The van der Waals surface area contributed by atoms with E-state index in [1.54, 1.807) is 5.56 Å². The van der Waals surface area contributed by atoms with Gasteiger partial charge in [-0.15, -0.1) is 0 Å². The Bertz CT molecular complexity index is 907. The van der Waals surface area contributed by atoms with Crippen LogP contribution in [-0.4, -0.2) is 13.1 Å². The van der Waals surface area contributed by atoms with Gasteiger partial charge in [0.1, 0.15) is 0 Å². The minimum Gasteiger partial charge on any atom is -0.371 e. The maximum atomic E-state index is 2.50. The van der Waals surface area contributed by atoms with Crippen molar-refractivity contribution in [1.29, 1.82) is 0 Å². The molecule has 1 aliphatic carbocycles. The van der Waals surface area contributed by atoms with E-state index in [9.17, 15) is 0 Å². The van der Waals surface area contributed by atoms with Gasteiger partial charge < -0.3 is 4.90 Å². The van der Waals surface area contributed by atoms with E-state index >= 15 is 0 Å². The smallest absolute Gasteiger partial charge is 0.0405 e. The van der Waals surface area contributed by atoms with E-state index in [0.717, 1.165) is 13.0 Å². The summed E-state index contributed by atoms with van der Waals surface area (Å²) in [4.78, 5) is 2.50. The van der Waals surface area contributed by atoms with Crippen LogP contribution in [0.2, 0.25) is 0 Å². The number of hydrogen-bond donors (Lipinski definition) is 0. The van der Waals surface area contributed by atoms with Crippen LogP contribution in [0.3, 0.4) is 0 Å².